The van der Waals surface area contributed by atoms with Crippen molar-refractivity contribution >= 4 is 27.7 Å². The highest BCUT2D eigenvalue weighted by Crippen LogP contribution is 2.21. The molecule has 0 aromatic carbocycles. The Kier molecular flexibility index (Phi) is 4.32. The van der Waals surface area contributed by atoms with E-state index in [1.54, 1.807) is 6.07 Å². The number of hydrogen-bond donors (Lipinski definition) is 1. The molecule has 1 N–H and O–H groups in total. The zero-order chi connectivity index (χ0) is 12.1. The molecule has 0 saturated heterocycles. The number of ether oxygens (including phenoxy) is 1. The monoisotopic (exact) mass is 282 g/mol. The lowest BCUT2D eigenvalue weighted by Gasteiger charge is -2.10. The molecule has 0 amide bonds. The van der Waals surface area contributed by atoms with E-state index in [2.05, 4.69) is 36.9 Å². The van der Waals surface area contributed by atoms with Crippen LogP contribution in [0.25, 0.3) is 0 Å². The van der Waals surface area contributed by atoms with Gasteiger partial charge in [0.05, 0.1) is 23.2 Å². The van der Waals surface area contributed by atoms with Gasteiger partial charge in [-0.25, -0.2) is 9.78 Å². The smallest absolute Gasteiger partial charge is 0.339 e. The summed E-state index contributed by atoms with van der Waals surface area (Å²) >= 11 is 3.30. The highest BCUT2D eigenvalue weighted by molar-refractivity contribution is 9.10. The van der Waals surface area contributed by atoms with Crippen molar-refractivity contribution < 1.29 is 9.53 Å². The molecule has 4 nitrogen and oxygen atoms in total. The third kappa shape index (κ3) is 2.97. The van der Waals surface area contributed by atoms with E-state index in [1.165, 1.54) is 13.3 Å². The van der Waals surface area contributed by atoms with E-state index in [0.717, 1.165) is 0 Å². The fourth-order valence-corrected chi connectivity index (χ4v) is 1.48. The molecule has 1 rings (SSSR count). The highest BCUT2D eigenvalue weighted by Gasteiger charge is 2.10. The topological polar surface area (TPSA) is 51.2 Å². The predicted octanol–water partition coefficient (Wildman–Crippen LogP) is 2.06. The average molecular weight is 283 g/mol. The van der Waals surface area contributed by atoms with Crippen molar-refractivity contribution in [2.45, 2.75) is 13.0 Å². The second-order valence-corrected chi connectivity index (χ2v) is 3.93. The Morgan fingerprint density at radius 1 is 1.75 bits per heavy atom. The number of pyridine rings is 1. The van der Waals surface area contributed by atoms with E-state index in [1.807, 2.05) is 6.92 Å². The summed E-state index contributed by atoms with van der Waals surface area (Å²) in [7, 11) is 1.32. The lowest BCUT2D eigenvalue weighted by atomic mass is 10.3. The Balaban J connectivity index is 2.92. The van der Waals surface area contributed by atoms with Crippen LogP contribution < -0.4 is 5.32 Å². The van der Waals surface area contributed by atoms with Crippen molar-refractivity contribution in [3.63, 3.8) is 0 Å². The molecule has 1 aromatic heterocycles. The largest absolute Gasteiger partial charge is 0.465 e. The van der Waals surface area contributed by atoms with Gasteiger partial charge in [-0.1, -0.05) is 5.92 Å². The second kappa shape index (κ2) is 5.52. The Morgan fingerprint density at radius 2 is 2.44 bits per heavy atom. The van der Waals surface area contributed by atoms with Crippen molar-refractivity contribution in [1.29, 1.82) is 0 Å². The molecule has 0 aliphatic heterocycles. The number of aromatic nitrogens is 1. The van der Waals surface area contributed by atoms with Crippen LogP contribution in [0.5, 0.6) is 0 Å². The molecular formula is C11H11BrN2O2. The summed E-state index contributed by atoms with van der Waals surface area (Å²) in [4.78, 5) is 15.3. The van der Waals surface area contributed by atoms with Gasteiger partial charge in [-0.3, -0.25) is 0 Å². The number of carbonyl (C=O) groups excluding carboxylic acids is 1. The molecule has 0 radical (unpaired) electrons. The SMILES string of the molecule is C#CC(C)Nc1ncc(C(=O)OC)cc1Br. The van der Waals surface area contributed by atoms with Crippen LogP contribution in [0.4, 0.5) is 5.82 Å². The Hall–Kier alpha value is -1.54. The first kappa shape index (κ1) is 12.5. The summed E-state index contributed by atoms with van der Waals surface area (Å²) < 4.78 is 5.25. The van der Waals surface area contributed by atoms with Crippen molar-refractivity contribution in [2.24, 2.45) is 0 Å². The van der Waals surface area contributed by atoms with E-state index in [0.29, 0.717) is 15.9 Å². The Bertz CT molecular complexity index is 440. The first-order valence-electron chi connectivity index (χ1n) is 4.55. The Morgan fingerprint density at radius 3 is 2.94 bits per heavy atom. The summed E-state index contributed by atoms with van der Waals surface area (Å²) in [6.45, 7) is 1.84. The number of methoxy groups -OCH3 is 1. The van der Waals surface area contributed by atoms with Gasteiger partial charge in [0.25, 0.3) is 0 Å². The van der Waals surface area contributed by atoms with Gasteiger partial charge >= 0.3 is 5.97 Å². The Labute approximate surface area is 103 Å². The molecular weight excluding hydrogens is 272 g/mol. The summed E-state index contributed by atoms with van der Waals surface area (Å²) in [6.07, 6.45) is 6.67. The molecule has 1 atom stereocenters. The van der Waals surface area contributed by atoms with E-state index in [-0.39, 0.29) is 6.04 Å². The minimum absolute atomic E-state index is 0.132. The standard InChI is InChI=1S/C11H11BrN2O2/c1-4-7(2)14-10-9(12)5-8(6-13-10)11(15)16-3/h1,5-7H,2-3H3,(H,13,14). The quantitative estimate of drug-likeness (QED) is 0.681. The number of hydrogen-bond acceptors (Lipinski definition) is 4. The first-order valence-corrected chi connectivity index (χ1v) is 5.34. The number of rotatable bonds is 3. The van der Waals surface area contributed by atoms with E-state index < -0.39 is 5.97 Å². The number of halogens is 1. The minimum atomic E-state index is -0.426. The van der Waals surface area contributed by atoms with Crippen LogP contribution in [0, 0.1) is 12.3 Å². The lowest BCUT2D eigenvalue weighted by molar-refractivity contribution is 0.0600. The van der Waals surface area contributed by atoms with Gasteiger partial charge in [-0.05, 0) is 28.9 Å². The second-order valence-electron chi connectivity index (χ2n) is 3.08. The van der Waals surface area contributed by atoms with Crippen LogP contribution in [0.1, 0.15) is 17.3 Å². The third-order valence-electron chi connectivity index (χ3n) is 1.87. The maximum atomic E-state index is 11.2. The molecule has 1 heterocycles. The average Bonchev–Trinajstić information content (AvgIpc) is 2.30. The number of carbonyl (C=O) groups is 1. The first-order chi connectivity index (χ1) is 7.58. The fraction of sp³-hybridized carbons (Fsp3) is 0.273. The zero-order valence-electron chi connectivity index (χ0n) is 8.95. The third-order valence-corrected chi connectivity index (χ3v) is 2.47. The van der Waals surface area contributed by atoms with Crippen LogP contribution in [0.2, 0.25) is 0 Å². The van der Waals surface area contributed by atoms with Gasteiger partial charge in [-0.2, -0.15) is 0 Å². The van der Waals surface area contributed by atoms with Crippen LogP contribution in [-0.4, -0.2) is 24.1 Å². The van der Waals surface area contributed by atoms with Crippen LogP contribution in [0.15, 0.2) is 16.7 Å². The molecule has 1 unspecified atom stereocenters. The fourth-order valence-electron chi connectivity index (χ4n) is 1.02. The van der Waals surface area contributed by atoms with Gasteiger partial charge in [0.2, 0.25) is 0 Å². The lowest BCUT2D eigenvalue weighted by Crippen LogP contribution is -2.14. The highest BCUT2D eigenvalue weighted by atomic mass is 79.9. The van der Waals surface area contributed by atoms with Gasteiger partial charge in [0.1, 0.15) is 5.82 Å². The number of anilines is 1. The van der Waals surface area contributed by atoms with Crippen molar-refractivity contribution in [1.82, 2.24) is 4.98 Å². The number of terminal acetylenes is 1. The summed E-state index contributed by atoms with van der Waals surface area (Å²) in [6, 6.07) is 1.50. The molecule has 5 heteroatoms. The number of nitrogens with one attached hydrogen (secondary N) is 1. The molecule has 0 fully saturated rings. The molecule has 0 aliphatic rings. The maximum Gasteiger partial charge on any atom is 0.339 e. The molecule has 1 aromatic rings. The molecule has 0 aliphatic carbocycles. The maximum absolute atomic E-state index is 11.2. The van der Waals surface area contributed by atoms with Gasteiger partial charge in [-0.15, -0.1) is 6.42 Å². The van der Waals surface area contributed by atoms with Crippen molar-refractivity contribution in [3.8, 4) is 12.3 Å². The summed E-state index contributed by atoms with van der Waals surface area (Å²) in [5.74, 6) is 2.69. The van der Waals surface area contributed by atoms with Gasteiger partial charge in [0, 0.05) is 6.20 Å². The van der Waals surface area contributed by atoms with E-state index in [4.69, 9.17) is 6.42 Å². The van der Waals surface area contributed by atoms with Crippen LogP contribution in [-0.2, 0) is 4.74 Å². The minimum Gasteiger partial charge on any atom is -0.465 e. The predicted molar refractivity (Wildman–Crippen MR) is 65.2 cm³/mol. The molecule has 16 heavy (non-hydrogen) atoms. The normalized spacial score (nSPS) is 11.4. The van der Waals surface area contributed by atoms with Gasteiger partial charge < -0.3 is 10.1 Å². The van der Waals surface area contributed by atoms with Gasteiger partial charge in [0.15, 0.2) is 0 Å². The van der Waals surface area contributed by atoms with Crippen LogP contribution >= 0.6 is 15.9 Å². The van der Waals surface area contributed by atoms with Crippen molar-refractivity contribution in [3.05, 3.63) is 22.3 Å². The molecule has 0 spiro atoms. The molecule has 0 saturated carbocycles. The van der Waals surface area contributed by atoms with E-state index in [9.17, 15) is 4.79 Å². The molecule has 84 valence electrons. The number of esters is 1. The summed E-state index contributed by atoms with van der Waals surface area (Å²) in [5, 5.41) is 3.00. The zero-order valence-corrected chi connectivity index (χ0v) is 10.5. The number of nitrogens with zero attached hydrogens (tertiary/aromatic N) is 1. The summed E-state index contributed by atoms with van der Waals surface area (Å²) in [5.41, 5.74) is 0.383. The van der Waals surface area contributed by atoms with Crippen molar-refractivity contribution in [2.75, 3.05) is 12.4 Å². The van der Waals surface area contributed by atoms with Crippen LogP contribution in [0.3, 0.4) is 0 Å². The molecule has 0 bridgehead atoms. The van der Waals surface area contributed by atoms with E-state index >= 15 is 0 Å².